The van der Waals surface area contributed by atoms with Gasteiger partial charge in [0.15, 0.2) is 0 Å². The summed E-state index contributed by atoms with van der Waals surface area (Å²) in [5.41, 5.74) is 0. The van der Waals surface area contributed by atoms with Crippen molar-refractivity contribution in [2.75, 3.05) is 6.61 Å². The lowest BCUT2D eigenvalue weighted by molar-refractivity contribution is -0.123. The molecule has 0 aromatic rings. The van der Waals surface area contributed by atoms with Gasteiger partial charge in [-0.3, -0.25) is 4.79 Å². The molecule has 0 rings (SSSR count). The van der Waals surface area contributed by atoms with Gasteiger partial charge in [-0.05, 0) is 51.4 Å². The molecule has 0 heterocycles. The number of nitrogens with one attached hydrogen (secondary N) is 1. The second-order valence-electron chi connectivity index (χ2n) is 7.31. The van der Waals surface area contributed by atoms with Crippen LogP contribution >= 0.6 is 0 Å². The molecule has 0 aliphatic heterocycles. The molecule has 3 N–H and O–H groups in total. The average molecular weight is 418 g/mol. The van der Waals surface area contributed by atoms with E-state index in [4.69, 9.17) is 0 Å². The minimum atomic E-state index is -0.852. The monoisotopic (exact) mass is 417 g/mol. The highest BCUT2D eigenvalue weighted by Gasteiger charge is 2.17. The van der Waals surface area contributed by atoms with Crippen LogP contribution in [-0.2, 0) is 4.79 Å². The van der Waals surface area contributed by atoms with Gasteiger partial charge < -0.3 is 15.5 Å². The maximum Gasteiger partial charge on any atom is 0.220 e. The summed E-state index contributed by atoms with van der Waals surface area (Å²) in [4.78, 5) is 12.0. The summed E-state index contributed by atoms with van der Waals surface area (Å²) >= 11 is 0. The fourth-order valence-electron chi connectivity index (χ4n) is 2.70. The molecule has 0 saturated heterocycles. The van der Waals surface area contributed by atoms with Crippen LogP contribution in [0.5, 0.6) is 0 Å². The SMILES string of the molecule is CC/C=C\C/C=C\C/C=C\C/C=C\CCCCC(=O)NC(CO)C(O)/C=C/CCC. The van der Waals surface area contributed by atoms with Gasteiger partial charge in [0.2, 0.25) is 5.91 Å². The minimum absolute atomic E-state index is 0.123. The zero-order valence-electron chi connectivity index (χ0n) is 19.0. The second-order valence-corrected chi connectivity index (χ2v) is 7.31. The first-order valence-electron chi connectivity index (χ1n) is 11.5. The number of allylic oxidation sites excluding steroid dienone is 9. The number of rotatable bonds is 18. The van der Waals surface area contributed by atoms with Crippen LogP contribution in [0, 0.1) is 0 Å². The van der Waals surface area contributed by atoms with Crippen LogP contribution in [0.3, 0.4) is 0 Å². The molecule has 0 aromatic heterocycles. The fraction of sp³-hybridized carbons (Fsp3) is 0.577. The van der Waals surface area contributed by atoms with E-state index in [-0.39, 0.29) is 12.5 Å². The Bertz CT molecular complexity index is 546. The van der Waals surface area contributed by atoms with Crippen molar-refractivity contribution in [2.24, 2.45) is 0 Å². The van der Waals surface area contributed by atoms with Crippen molar-refractivity contribution in [1.82, 2.24) is 5.32 Å². The Balaban J connectivity index is 3.80. The number of amides is 1. The molecule has 0 radical (unpaired) electrons. The predicted octanol–water partition coefficient (Wildman–Crippen LogP) is 5.55. The van der Waals surface area contributed by atoms with Crippen LogP contribution in [0.25, 0.3) is 0 Å². The third-order valence-electron chi connectivity index (χ3n) is 4.49. The first-order valence-corrected chi connectivity index (χ1v) is 11.5. The van der Waals surface area contributed by atoms with Crippen molar-refractivity contribution in [3.05, 3.63) is 60.8 Å². The van der Waals surface area contributed by atoms with Gasteiger partial charge in [0, 0.05) is 6.42 Å². The molecule has 0 spiro atoms. The quantitative estimate of drug-likeness (QED) is 0.202. The largest absolute Gasteiger partial charge is 0.394 e. The summed E-state index contributed by atoms with van der Waals surface area (Å²) in [6.07, 6.45) is 29.1. The molecule has 4 heteroatoms. The molecular formula is C26H43NO3. The van der Waals surface area contributed by atoms with E-state index in [9.17, 15) is 15.0 Å². The van der Waals surface area contributed by atoms with E-state index in [1.165, 1.54) is 0 Å². The molecular weight excluding hydrogens is 374 g/mol. The Morgan fingerprint density at radius 1 is 0.833 bits per heavy atom. The highest BCUT2D eigenvalue weighted by Crippen LogP contribution is 2.04. The number of aliphatic hydroxyl groups excluding tert-OH is 2. The van der Waals surface area contributed by atoms with Crippen LogP contribution in [-0.4, -0.2) is 34.9 Å². The van der Waals surface area contributed by atoms with Gasteiger partial charge in [-0.15, -0.1) is 0 Å². The zero-order valence-corrected chi connectivity index (χ0v) is 19.0. The molecule has 4 nitrogen and oxygen atoms in total. The summed E-state index contributed by atoms with van der Waals surface area (Å²) in [5, 5.41) is 22.1. The molecule has 0 saturated carbocycles. The molecule has 0 aromatic carbocycles. The van der Waals surface area contributed by atoms with Crippen molar-refractivity contribution in [3.8, 4) is 0 Å². The standard InChI is InChI=1S/C26H43NO3/c1-3-5-7-8-9-10-11-12-13-14-15-16-17-18-20-22-26(30)27-24(23-28)25(29)21-19-6-4-2/h5,7,9-10,12-13,15-16,19,21,24-25,28-29H,3-4,6,8,11,14,17-18,20,22-23H2,1-2H3,(H,27,30)/b7-5-,10-9-,13-12-,16-15-,21-19+. The molecule has 30 heavy (non-hydrogen) atoms. The summed E-state index contributed by atoms with van der Waals surface area (Å²) < 4.78 is 0. The van der Waals surface area contributed by atoms with Gasteiger partial charge in [0.05, 0.1) is 18.8 Å². The summed E-state index contributed by atoms with van der Waals surface area (Å²) in [6, 6.07) is -0.639. The van der Waals surface area contributed by atoms with E-state index < -0.39 is 12.1 Å². The zero-order chi connectivity index (χ0) is 22.3. The van der Waals surface area contributed by atoms with E-state index in [0.717, 1.165) is 57.8 Å². The Labute approximate surface area is 184 Å². The van der Waals surface area contributed by atoms with Gasteiger partial charge in [-0.25, -0.2) is 0 Å². The van der Waals surface area contributed by atoms with Crippen LogP contribution in [0.1, 0.15) is 78.1 Å². The van der Waals surface area contributed by atoms with E-state index >= 15 is 0 Å². The third-order valence-corrected chi connectivity index (χ3v) is 4.49. The number of unbranched alkanes of at least 4 members (excludes halogenated alkanes) is 3. The van der Waals surface area contributed by atoms with E-state index in [1.807, 2.05) is 6.08 Å². The molecule has 2 unspecified atom stereocenters. The highest BCUT2D eigenvalue weighted by molar-refractivity contribution is 5.76. The van der Waals surface area contributed by atoms with E-state index in [1.54, 1.807) is 6.08 Å². The highest BCUT2D eigenvalue weighted by atomic mass is 16.3. The van der Waals surface area contributed by atoms with Crippen molar-refractivity contribution in [2.45, 2.75) is 90.2 Å². The van der Waals surface area contributed by atoms with E-state index in [0.29, 0.717) is 6.42 Å². The lowest BCUT2D eigenvalue weighted by atomic mass is 10.1. The Morgan fingerprint density at radius 3 is 2.00 bits per heavy atom. The molecule has 2 atom stereocenters. The number of hydrogen-bond donors (Lipinski definition) is 3. The maximum absolute atomic E-state index is 12.0. The summed E-state index contributed by atoms with van der Waals surface area (Å²) in [6.45, 7) is 3.92. The van der Waals surface area contributed by atoms with Crippen molar-refractivity contribution in [1.29, 1.82) is 0 Å². The topological polar surface area (TPSA) is 69.6 Å². The molecule has 0 bridgehead atoms. The van der Waals surface area contributed by atoms with Crippen LogP contribution in [0.2, 0.25) is 0 Å². The number of carbonyl (C=O) groups is 1. The molecule has 170 valence electrons. The van der Waals surface area contributed by atoms with Crippen molar-refractivity contribution in [3.63, 3.8) is 0 Å². The van der Waals surface area contributed by atoms with Gasteiger partial charge in [-0.2, -0.15) is 0 Å². The lowest BCUT2D eigenvalue weighted by Gasteiger charge is -2.19. The maximum atomic E-state index is 12.0. The van der Waals surface area contributed by atoms with Crippen molar-refractivity contribution < 1.29 is 15.0 Å². The Kier molecular flexibility index (Phi) is 20.4. The Hall–Kier alpha value is -1.91. The molecule has 0 fully saturated rings. The first-order chi connectivity index (χ1) is 14.7. The van der Waals surface area contributed by atoms with Gasteiger partial charge in [0.25, 0.3) is 0 Å². The Morgan fingerprint density at radius 2 is 1.43 bits per heavy atom. The number of hydrogen-bond acceptors (Lipinski definition) is 3. The van der Waals surface area contributed by atoms with Gasteiger partial charge >= 0.3 is 0 Å². The van der Waals surface area contributed by atoms with Crippen LogP contribution in [0.4, 0.5) is 0 Å². The molecule has 0 aliphatic rings. The first kappa shape index (κ1) is 28.1. The predicted molar refractivity (Wildman–Crippen MR) is 128 cm³/mol. The third kappa shape index (κ3) is 18.1. The molecule has 0 aliphatic carbocycles. The minimum Gasteiger partial charge on any atom is -0.394 e. The fourth-order valence-corrected chi connectivity index (χ4v) is 2.70. The van der Waals surface area contributed by atoms with Gasteiger partial charge in [-0.1, -0.05) is 81.0 Å². The van der Waals surface area contributed by atoms with Crippen LogP contribution in [0.15, 0.2) is 60.8 Å². The van der Waals surface area contributed by atoms with E-state index in [2.05, 4.69) is 67.8 Å². The smallest absolute Gasteiger partial charge is 0.220 e. The van der Waals surface area contributed by atoms with Crippen molar-refractivity contribution >= 4 is 5.91 Å². The normalized spacial score (nSPS) is 14.7. The lowest BCUT2D eigenvalue weighted by Crippen LogP contribution is -2.45. The molecule has 1 amide bonds. The summed E-state index contributed by atoms with van der Waals surface area (Å²) in [5.74, 6) is -0.123. The summed E-state index contributed by atoms with van der Waals surface area (Å²) in [7, 11) is 0. The van der Waals surface area contributed by atoms with Crippen LogP contribution < -0.4 is 5.32 Å². The average Bonchev–Trinajstić information content (AvgIpc) is 2.74. The van der Waals surface area contributed by atoms with Gasteiger partial charge in [0.1, 0.15) is 0 Å². The number of aliphatic hydroxyl groups is 2. The second kappa shape index (κ2) is 21.8. The number of carbonyl (C=O) groups excluding carboxylic acids is 1.